The number of ether oxygens (including phenoxy) is 2. The first-order chi connectivity index (χ1) is 9.80. The Hall–Kier alpha value is -1.43. The highest BCUT2D eigenvalue weighted by Gasteiger charge is 2.23. The van der Waals surface area contributed by atoms with Gasteiger partial charge in [0.15, 0.2) is 0 Å². The number of ketones is 1. The molecule has 0 aliphatic rings. The lowest BCUT2D eigenvalue weighted by Gasteiger charge is -2.22. The quantitative estimate of drug-likeness (QED) is 0.724. The Labute approximate surface area is 132 Å². The van der Waals surface area contributed by atoms with Crippen LogP contribution in [0.5, 0.6) is 0 Å². The smallest absolute Gasteiger partial charge is 0.308 e. The Balaban J connectivity index is 4.30. The molecule has 128 valence electrons. The van der Waals surface area contributed by atoms with Gasteiger partial charge in [0, 0.05) is 6.54 Å². The van der Waals surface area contributed by atoms with Gasteiger partial charge in [-0.05, 0) is 48.5 Å². The van der Waals surface area contributed by atoms with E-state index in [9.17, 15) is 14.4 Å². The molecule has 0 rings (SSSR count). The Bertz CT molecular complexity index is 404. The van der Waals surface area contributed by atoms with Crippen molar-refractivity contribution in [2.24, 2.45) is 0 Å². The zero-order valence-corrected chi connectivity index (χ0v) is 14.7. The summed E-state index contributed by atoms with van der Waals surface area (Å²) in [5.74, 6) is -0.966. The zero-order chi connectivity index (χ0) is 17.6. The first-order valence-corrected chi connectivity index (χ1v) is 7.48. The summed E-state index contributed by atoms with van der Waals surface area (Å²) in [7, 11) is 0. The second-order valence-electron chi connectivity index (χ2n) is 7.24. The number of Topliss-reactive ketones (excluding diaryl/α,β-unsaturated/α-hetero) is 1. The molecule has 6 nitrogen and oxygen atoms in total. The maximum Gasteiger partial charge on any atom is 0.308 e. The van der Waals surface area contributed by atoms with Crippen LogP contribution < -0.4 is 5.32 Å². The summed E-state index contributed by atoms with van der Waals surface area (Å²) in [6, 6.07) is -0.655. The van der Waals surface area contributed by atoms with Gasteiger partial charge in [0.05, 0.1) is 18.9 Å². The molecular weight excluding hydrogens is 286 g/mol. The molecule has 0 aromatic heterocycles. The van der Waals surface area contributed by atoms with E-state index in [1.807, 2.05) is 0 Å². The van der Waals surface area contributed by atoms with Crippen molar-refractivity contribution < 1.29 is 23.9 Å². The van der Waals surface area contributed by atoms with Gasteiger partial charge in [0.1, 0.15) is 17.0 Å². The molecule has 0 saturated heterocycles. The van der Waals surface area contributed by atoms with Crippen molar-refractivity contribution in [3.05, 3.63) is 0 Å². The van der Waals surface area contributed by atoms with E-state index in [1.54, 1.807) is 41.5 Å². The van der Waals surface area contributed by atoms with Gasteiger partial charge in [-0.2, -0.15) is 0 Å². The number of hydrogen-bond acceptors (Lipinski definition) is 6. The molecule has 0 aliphatic heterocycles. The van der Waals surface area contributed by atoms with Crippen molar-refractivity contribution in [1.29, 1.82) is 0 Å². The lowest BCUT2D eigenvalue weighted by atomic mass is 10.1. The summed E-state index contributed by atoms with van der Waals surface area (Å²) in [5.41, 5.74) is -1.12. The van der Waals surface area contributed by atoms with E-state index in [1.165, 1.54) is 6.92 Å². The molecule has 6 heteroatoms. The van der Waals surface area contributed by atoms with E-state index >= 15 is 0 Å². The second kappa shape index (κ2) is 8.27. The Morgan fingerprint density at radius 3 is 1.77 bits per heavy atom. The maximum atomic E-state index is 11.8. The SMILES string of the molecule is CC(=O)[C@H](CC(=O)OC(C)(C)C)NCCC(=O)OC(C)(C)C. The molecule has 0 aromatic rings. The molecule has 0 radical (unpaired) electrons. The van der Waals surface area contributed by atoms with Gasteiger partial charge < -0.3 is 14.8 Å². The lowest BCUT2D eigenvalue weighted by molar-refractivity contribution is -0.156. The lowest BCUT2D eigenvalue weighted by Crippen LogP contribution is -2.40. The fourth-order valence-corrected chi connectivity index (χ4v) is 1.65. The minimum atomic E-state index is -0.655. The van der Waals surface area contributed by atoms with Crippen molar-refractivity contribution in [3.63, 3.8) is 0 Å². The summed E-state index contributed by atoms with van der Waals surface area (Å²) in [6.07, 6.45) is 0.0797. The van der Waals surface area contributed by atoms with Crippen LogP contribution in [-0.4, -0.2) is 41.5 Å². The molecule has 0 saturated carbocycles. The molecule has 1 atom stereocenters. The van der Waals surface area contributed by atoms with Crippen molar-refractivity contribution in [2.75, 3.05) is 6.54 Å². The highest BCUT2D eigenvalue weighted by molar-refractivity contribution is 5.86. The number of nitrogens with one attached hydrogen (secondary N) is 1. The monoisotopic (exact) mass is 315 g/mol. The van der Waals surface area contributed by atoms with Crippen molar-refractivity contribution in [1.82, 2.24) is 5.32 Å². The van der Waals surface area contributed by atoms with Crippen LogP contribution in [-0.2, 0) is 23.9 Å². The van der Waals surface area contributed by atoms with E-state index < -0.39 is 23.2 Å². The molecule has 0 bridgehead atoms. The van der Waals surface area contributed by atoms with E-state index in [0.29, 0.717) is 0 Å². The molecule has 0 heterocycles. The predicted octanol–water partition coefficient (Wildman–Crippen LogP) is 2.00. The minimum absolute atomic E-state index is 0.0546. The van der Waals surface area contributed by atoms with Gasteiger partial charge in [-0.15, -0.1) is 0 Å². The van der Waals surface area contributed by atoms with Gasteiger partial charge >= 0.3 is 11.9 Å². The molecule has 0 aromatic carbocycles. The van der Waals surface area contributed by atoms with Crippen LogP contribution >= 0.6 is 0 Å². The topological polar surface area (TPSA) is 81.7 Å². The van der Waals surface area contributed by atoms with Crippen LogP contribution in [0.4, 0.5) is 0 Å². The van der Waals surface area contributed by atoms with Gasteiger partial charge in [0.25, 0.3) is 0 Å². The van der Waals surface area contributed by atoms with Gasteiger partial charge in [0.2, 0.25) is 0 Å². The predicted molar refractivity (Wildman–Crippen MR) is 83.4 cm³/mol. The van der Waals surface area contributed by atoms with Crippen molar-refractivity contribution >= 4 is 17.7 Å². The number of carbonyl (C=O) groups is 3. The normalized spacial score (nSPS) is 13.4. The molecule has 0 amide bonds. The molecule has 0 fully saturated rings. The Morgan fingerprint density at radius 2 is 1.36 bits per heavy atom. The Kier molecular flexibility index (Phi) is 7.73. The summed E-state index contributed by atoms with van der Waals surface area (Å²) < 4.78 is 10.4. The van der Waals surface area contributed by atoms with E-state index in [-0.39, 0.29) is 31.1 Å². The first kappa shape index (κ1) is 20.6. The minimum Gasteiger partial charge on any atom is -0.460 e. The van der Waals surface area contributed by atoms with Crippen molar-refractivity contribution in [3.8, 4) is 0 Å². The fraction of sp³-hybridized carbons (Fsp3) is 0.812. The summed E-state index contributed by atoms with van der Waals surface area (Å²) in [4.78, 5) is 34.9. The summed E-state index contributed by atoms with van der Waals surface area (Å²) >= 11 is 0. The standard InChI is InChI=1S/C16H29NO5/c1-11(18)12(10-14(20)22-16(5,6)7)17-9-8-13(19)21-15(2,3)4/h12,17H,8-10H2,1-7H3/t12-/m0/s1. The highest BCUT2D eigenvalue weighted by Crippen LogP contribution is 2.10. The molecule has 0 unspecified atom stereocenters. The number of rotatable bonds is 7. The second-order valence-corrected chi connectivity index (χ2v) is 7.24. The van der Waals surface area contributed by atoms with Crippen LogP contribution in [0, 0.1) is 0 Å². The number of hydrogen-bond donors (Lipinski definition) is 1. The zero-order valence-electron chi connectivity index (χ0n) is 14.7. The van der Waals surface area contributed by atoms with Crippen LogP contribution in [0.1, 0.15) is 61.3 Å². The third kappa shape index (κ3) is 11.3. The number of carbonyl (C=O) groups excluding carboxylic acids is 3. The molecule has 0 spiro atoms. The highest BCUT2D eigenvalue weighted by atomic mass is 16.6. The van der Waals surface area contributed by atoms with Crippen LogP contribution in [0.15, 0.2) is 0 Å². The third-order valence-corrected chi connectivity index (χ3v) is 2.42. The average Bonchev–Trinajstić information content (AvgIpc) is 2.22. The average molecular weight is 315 g/mol. The first-order valence-electron chi connectivity index (χ1n) is 7.48. The van der Waals surface area contributed by atoms with Crippen LogP contribution in [0.3, 0.4) is 0 Å². The van der Waals surface area contributed by atoms with Gasteiger partial charge in [-0.1, -0.05) is 0 Å². The molecule has 22 heavy (non-hydrogen) atoms. The van der Waals surface area contributed by atoms with Crippen molar-refractivity contribution in [2.45, 2.75) is 78.6 Å². The molecule has 0 aliphatic carbocycles. The summed E-state index contributed by atoms with van der Waals surface area (Å²) in [5, 5.41) is 2.90. The van der Waals surface area contributed by atoms with E-state index in [0.717, 1.165) is 0 Å². The fourth-order valence-electron chi connectivity index (χ4n) is 1.65. The van der Waals surface area contributed by atoms with Crippen LogP contribution in [0.25, 0.3) is 0 Å². The van der Waals surface area contributed by atoms with Gasteiger partial charge in [-0.3, -0.25) is 14.4 Å². The Morgan fingerprint density at radius 1 is 0.909 bits per heavy atom. The van der Waals surface area contributed by atoms with Crippen LogP contribution in [0.2, 0.25) is 0 Å². The van der Waals surface area contributed by atoms with E-state index in [2.05, 4.69) is 5.32 Å². The van der Waals surface area contributed by atoms with E-state index in [4.69, 9.17) is 9.47 Å². The largest absolute Gasteiger partial charge is 0.460 e. The maximum absolute atomic E-state index is 11.8. The number of esters is 2. The molecule has 1 N–H and O–H groups in total. The third-order valence-electron chi connectivity index (χ3n) is 2.42. The summed E-state index contributed by atoms with van der Waals surface area (Å²) in [6.45, 7) is 12.3. The molecular formula is C16H29NO5. The van der Waals surface area contributed by atoms with Gasteiger partial charge in [-0.25, -0.2) is 0 Å².